The van der Waals surface area contributed by atoms with Crippen LogP contribution in [0.4, 0.5) is 8.78 Å². The first-order chi connectivity index (χ1) is 14.6. The predicted octanol–water partition coefficient (Wildman–Crippen LogP) is 4.58. The third kappa shape index (κ3) is 4.15. The smallest absolute Gasteiger partial charge is 0.267 e. The summed E-state index contributed by atoms with van der Waals surface area (Å²) >= 11 is 0. The van der Waals surface area contributed by atoms with Crippen LogP contribution in [-0.2, 0) is 0 Å². The van der Waals surface area contributed by atoms with Gasteiger partial charge in [0.2, 0.25) is 0 Å². The number of para-hydroxylation sites is 1. The van der Waals surface area contributed by atoms with Crippen molar-refractivity contribution < 1.29 is 13.6 Å². The molecule has 5 nitrogen and oxygen atoms in total. The van der Waals surface area contributed by atoms with Crippen LogP contribution in [-0.4, -0.2) is 21.9 Å². The molecule has 4 aromatic rings. The van der Waals surface area contributed by atoms with Crippen LogP contribution >= 0.6 is 0 Å². The van der Waals surface area contributed by atoms with Gasteiger partial charge in [-0.2, -0.15) is 10.2 Å². The summed E-state index contributed by atoms with van der Waals surface area (Å²) in [4.78, 5) is 12.8. The molecule has 0 saturated carbocycles. The Kier molecular flexibility index (Phi) is 5.43. The quantitative estimate of drug-likeness (QED) is 0.392. The highest BCUT2D eigenvalue weighted by molar-refractivity contribution is 6.00. The Morgan fingerprint density at radius 1 is 0.967 bits per heavy atom. The summed E-state index contributed by atoms with van der Waals surface area (Å²) in [6.45, 7) is 0. The van der Waals surface area contributed by atoms with Crippen molar-refractivity contribution in [3.8, 4) is 16.9 Å². The number of amides is 1. The molecule has 30 heavy (non-hydrogen) atoms. The lowest BCUT2D eigenvalue weighted by molar-refractivity contribution is 0.0955. The zero-order valence-corrected chi connectivity index (χ0v) is 15.7. The van der Waals surface area contributed by atoms with E-state index in [1.807, 2.05) is 60.7 Å². The lowest BCUT2D eigenvalue weighted by Crippen LogP contribution is -2.18. The van der Waals surface area contributed by atoms with Gasteiger partial charge in [-0.25, -0.2) is 18.9 Å². The van der Waals surface area contributed by atoms with Crippen LogP contribution in [0.1, 0.15) is 15.9 Å². The van der Waals surface area contributed by atoms with Gasteiger partial charge in [0.25, 0.3) is 5.91 Å². The molecule has 0 aliphatic rings. The second-order valence-corrected chi connectivity index (χ2v) is 6.40. The molecule has 1 N–H and O–H groups in total. The molecule has 0 bridgehead atoms. The fourth-order valence-corrected chi connectivity index (χ4v) is 2.89. The standard InChI is InChI=1S/C23H16F2N4O/c24-18-12-11-17(21(25)13-18)14-26-27-23(30)20-15-29(19-9-5-2-6-10-19)28-22(20)16-7-3-1-4-8-16/h1-15H,(H,27,30)/b26-14+. The molecule has 7 heteroatoms. The normalized spacial score (nSPS) is 11.0. The minimum atomic E-state index is -0.769. The molecule has 4 rings (SSSR count). The molecule has 0 unspecified atom stereocenters. The number of carbonyl (C=O) groups is 1. The van der Waals surface area contributed by atoms with Crippen molar-refractivity contribution >= 4 is 12.1 Å². The van der Waals surface area contributed by atoms with Crippen molar-refractivity contribution in [2.75, 3.05) is 0 Å². The van der Waals surface area contributed by atoms with Gasteiger partial charge < -0.3 is 0 Å². The van der Waals surface area contributed by atoms with Gasteiger partial charge in [-0.15, -0.1) is 0 Å². The topological polar surface area (TPSA) is 59.3 Å². The van der Waals surface area contributed by atoms with Gasteiger partial charge in [-0.05, 0) is 24.3 Å². The lowest BCUT2D eigenvalue weighted by atomic mass is 10.1. The average Bonchev–Trinajstić information content (AvgIpc) is 3.22. The SMILES string of the molecule is O=C(N/N=C/c1ccc(F)cc1F)c1cn(-c2ccccc2)nc1-c1ccccc1. The molecule has 0 aliphatic heterocycles. The first-order valence-corrected chi connectivity index (χ1v) is 9.11. The minimum absolute atomic E-state index is 0.0555. The molecule has 0 aliphatic carbocycles. The third-order valence-corrected chi connectivity index (χ3v) is 4.36. The van der Waals surface area contributed by atoms with E-state index in [4.69, 9.17) is 0 Å². The van der Waals surface area contributed by atoms with E-state index >= 15 is 0 Å². The number of carbonyl (C=O) groups excluding carboxylic acids is 1. The molecule has 0 atom stereocenters. The van der Waals surface area contributed by atoms with Crippen LogP contribution in [0.15, 0.2) is 90.2 Å². The second-order valence-electron chi connectivity index (χ2n) is 6.40. The molecule has 3 aromatic carbocycles. The maximum absolute atomic E-state index is 13.7. The number of hydrogen-bond donors (Lipinski definition) is 1. The summed E-state index contributed by atoms with van der Waals surface area (Å²) in [5, 5.41) is 8.37. The Hall–Kier alpha value is -4.13. The lowest BCUT2D eigenvalue weighted by Gasteiger charge is -2.01. The number of rotatable bonds is 5. The van der Waals surface area contributed by atoms with Crippen molar-refractivity contribution in [3.63, 3.8) is 0 Å². The largest absolute Gasteiger partial charge is 0.275 e. The van der Waals surface area contributed by atoms with E-state index in [1.54, 1.807) is 10.9 Å². The summed E-state index contributed by atoms with van der Waals surface area (Å²) < 4.78 is 28.3. The van der Waals surface area contributed by atoms with E-state index in [-0.39, 0.29) is 5.56 Å². The molecule has 1 aromatic heterocycles. The van der Waals surface area contributed by atoms with Crippen LogP contribution in [0, 0.1) is 11.6 Å². The number of nitrogens with zero attached hydrogens (tertiary/aromatic N) is 3. The summed E-state index contributed by atoms with van der Waals surface area (Å²) in [6.07, 6.45) is 2.73. The zero-order chi connectivity index (χ0) is 20.9. The predicted molar refractivity (Wildman–Crippen MR) is 110 cm³/mol. The number of hydrogen-bond acceptors (Lipinski definition) is 3. The van der Waals surface area contributed by atoms with Crippen LogP contribution in [0.5, 0.6) is 0 Å². The van der Waals surface area contributed by atoms with Gasteiger partial charge in [-0.1, -0.05) is 48.5 Å². The molecule has 0 saturated heterocycles. The van der Waals surface area contributed by atoms with E-state index in [0.717, 1.165) is 29.6 Å². The molecule has 0 radical (unpaired) electrons. The minimum Gasteiger partial charge on any atom is -0.267 e. The molecule has 0 spiro atoms. The molecule has 1 amide bonds. The summed E-state index contributed by atoms with van der Waals surface area (Å²) in [6, 6.07) is 21.8. The molecular formula is C23H16F2N4O. The van der Waals surface area contributed by atoms with Gasteiger partial charge in [0.1, 0.15) is 17.3 Å². The van der Waals surface area contributed by atoms with Crippen molar-refractivity contribution in [3.05, 3.63) is 108 Å². The first kappa shape index (κ1) is 19.2. The van der Waals surface area contributed by atoms with E-state index in [0.29, 0.717) is 11.3 Å². The fraction of sp³-hybridized carbons (Fsp3) is 0. The van der Waals surface area contributed by atoms with Crippen LogP contribution in [0.25, 0.3) is 16.9 Å². The summed E-state index contributed by atoms with van der Waals surface area (Å²) in [5.74, 6) is -1.96. The van der Waals surface area contributed by atoms with E-state index in [2.05, 4.69) is 15.6 Å². The first-order valence-electron chi connectivity index (χ1n) is 9.11. The Bertz CT molecular complexity index is 1200. The van der Waals surface area contributed by atoms with Crippen molar-refractivity contribution in [2.24, 2.45) is 5.10 Å². The van der Waals surface area contributed by atoms with E-state index in [1.165, 1.54) is 6.07 Å². The number of nitrogens with one attached hydrogen (secondary N) is 1. The number of benzene rings is 3. The number of halogens is 2. The Morgan fingerprint density at radius 2 is 1.67 bits per heavy atom. The van der Waals surface area contributed by atoms with Gasteiger partial charge in [0.05, 0.1) is 17.5 Å². The molecule has 0 fully saturated rings. The highest BCUT2D eigenvalue weighted by Crippen LogP contribution is 2.23. The van der Waals surface area contributed by atoms with Crippen LogP contribution < -0.4 is 5.43 Å². The van der Waals surface area contributed by atoms with Gasteiger partial charge in [0.15, 0.2) is 0 Å². The third-order valence-electron chi connectivity index (χ3n) is 4.36. The summed E-state index contributed by atoms with van der Waals surface area (Å²) in [7, 11) is 0. The number of aromatic nitrogens is 2. The maximum atomic E-state index is 13.7. The van der Waals surface area contributed by atoms with Crippen LogP contribution in [0.3, 0.4) is 0 Å². The van der Waals surface area contributed by atoms with E-state index < -0.39 is 17.5 Å². The monoisotopic (exact) mass is 402 g/mol. The van der Waals surface area contributed by atoms with Gasteiger partial charge in [-0.3, -0.25) is 4.79 Å². The molecule has 1 heterocycles. The van der Waals surface area contributed by atoms with E-state index in [9.17, 15) is 13.6 Å². The van der Waals surface area contributed by atoms with Crippen molar-refractivity contribution in [1.82, 2.24) is 15.2 Å². The highest BCUT2D eigenvalue weighted by Gasteiger charge is 2.18. The van der Waals surface area contributed by atoms with Crippen LogP contribution in [0.2, 0.25) is 0 Å². The fourth-order valence-electron chi connectivity index (χ4n) is 2.89. The van der Waals surface area contributed by atoms with Gasteiger partial charge in [0, 0.05) is 23.4 Å². The Labute approximate surface area is 171 Å². The number of hydrazone groups is 1. The average molecular weight is 402 g/mol. The Balaban J connectivity index is 1.64. The van der Waals surface area contributed by atoms with Crippen molar-refractivity contribution in [1.29, 1.82) is 0 Å². The molecular weight excluding hydrogens is 386 g/mol. The Morgan fingerprint density at radius 3 is 2.37 bits per heavy atom. The maximum Gasteiger partial charge on any atom is 0.275 e. The summed E-state index contributed by atoms with van der Waals surface area (Å²) in [5.41, 5.74) is 4.80. The highest BCUT2D eigenvalue weighted by atomic mass is 19.1. The van der Waals surface area contributed by atoms with Crippen molar-refractivity contribution in [2.45, 2.75) is 0 Å². The second kappa shape index (κ2) is 8.48. The zero-order valence-electron chi connectivity index (χ0n) is 15.7. The van der Waals surface area contributed by atoms with Gasteiger partial charge >= 0.3 is 0 Å². The molecule has 148 valence electrons.